The second-order valence-electron chi connectivity index (χ2n) is 5.69. The van der Waals surface area contributed by atoms with Gasteiger partial charge in [0, 0.05) is 6.08 Å². The highest BCUT2D eigenvalue weighted by atomic mass is 16.6. The Hall–Kier alpha value is -1.77. The van der Waals surface area contributed by atoms with Gasteiger partial charge in [0.2, 0.25) is 5.91 Å². The Morgan fingerprint density at radius 1 is 1.17 bits per heavy atom. The molecule has 0 aliphatic carbocycles. The zero-order valence-electron chi connectivity index (χ0n) is 13.4. The maximum atomic E-state index is 11.9. The second kappa shape index (κ2) is 8.36. The van der Waals surface area contributed by atoms with Crippen molar-refractivity contribution in [2.24, 2.45) is 0 Å². The number of carbonyl (C=O) groups is 1. The molecule has 7 nitrogen and oxygen atoms in total. The molecule has 0 radical (unpaired) electrons. The number of aryl methyl sites for hydroxylation is 1. The summed E-state index contributed by atoms with van der Waals surface area (Å²) in [6.45, 7) is 1.51. The Labute approximate surface area is 140 Å². The number of benzene rings is 1. The lowest BCUT2D eigenvalue weighted by Gasteiger charge is -2.39. The van der Waals surface area contributed by atoms with Crippen LogP contribution in [0.3, 0.4) is 0 Å². The van der Waals surface area contributed by atoms with E-state index in [1.807, 2.05) is 24.3 Å². The number of aliphatic hydroxyl groups excluding tert-OH is 4. The third-order valence-electron chi connectivity index (χ3n) is 3.99. The molecule has 5 N–H and O–H groups in total. The van der Waals surface area contributed by atoms with E-state index in [0.29, 0.717) is 0 Å². The number of carbonyl (C=O) groups excluding carboxylic acids is 1. The molecule has 132 valence electrons. The van der Waals surface area contributed by atoms with E-state index in [0.717, 1.165) is 12.0 Å². The molecule has 24 heavy (non-hydrogen) atoms. The van der Waals surface area contributed by atoms with E-state index in [9.17, 15) is 20.1 Å². The molecular weight excluding hydrogens is 314 g/mol. The quantitative estimate of drug-likeness (QED) is 0.448. The van der Waals surface area contributed by atoms with Crippen LogP contribution in [0.1, 0.15) is 18.1 Å². The van der Waals surface area contributed by atoms with E-state index < -0.39 is 43.2 Å². The third-order valence-corrected chi connectivity index (χ3v) is 3.99. The van der Waals surface area contributed by atoms with Gasteiger partial charge in [0.25, 0.3) is 0 Å². The Kier molecular flexibility index (Phi) is 6.47. The summed E-state index contributed by atoms with van der Waals surface area (Å²) in [4.78, 5) is 11.9. The van der Waals surface area contributed by atoms with Crippen LogP contribution in [0.15, 0.2) is 30.3 Å². The smallest absolute Gasteiger partial charge is 0.246 e. The monoisotopic (exact) mass is 337 g/mol. The molecule has 7 heteroatoms. The van der Waals surface area contributed by atoms with Crippen molar-refractivity contribution >= 4 is 12.0 Å². The summed E-state index contributed by atoms with van der Waals surface area (Å²) in [6.07, 6.45) is -2.93. The van der Waals surface area contributed by atoms with Gasteiger partial charge in [-0.05, 0) is 23.6 Å². The largest absolute Gasteiger partial charge is 0.394 e. The van der Waals surface area contributed by atoms with E-state index in [1.54, 1.807) is 6.08 Å². The van der Waals surface area contributed by atoms with Crippen LogP contribution in [-0.2, 0) is 16.0 Å². The van der Waals surface area contributed by atoms with Crippen LogP contribution < -0.4 is 5.32 Å². The Bertz CT molecular complexity index is 571. The summed E-state index contributed by atoms with van der Waals surface area (Å²) in [6, 6.07) is 7.71. The molecule has 1 aliphatic heterocycles. The minimum atomic E-state index is -1.52. The van der Waals surface area contributed by atoms with Crippen LogP contribution in [0.25, 0.3) is 6.08 Å². The number of hydrogen-bond donors (Lipinski definition) is 5. The normalized spacial score (nSPS) is 30.5. The van der Waals surface area contributed by atoms with E-state index in [4.69, 9.17) is 9.84 Å². The predicted octanol–water partition coefficient (Wildman–Crippen LogP) is -0.822. The molecule has 1 heterocycles. The minimum Gasteiger partial charge on any atom is -0.394 e. The minimum absolute atomic E-state index is 0.529. The molecule has 1 fully saturated rings. The number of nitrogens with one attached hydrogen (secondary N) is 1. The third kappa shape index (κ3) is 4.40. The van der Waals surface area contributed by atoms with Crippen molar-refractivity contribution in [3.05, 3.63) is 41.5 Å². The van der Waals surface area contributed by atoms with Crippen LogP contribution >= 0.6 is 0 Å². The van der Waals surface area contributed by atoms with Crippen molar-refractivity contribution in [1.82, 2.24) is 5.32 Å². The lowest BCUT2D eigenvalue weighted by atomic mass is 9.98. The van der Waals surface area contributed by atoms with Crippen LogP contribution in [0.4, 0.5) is 0 Å². The van der Waals surface area contributed by atoms with Crippen molar-refractivity contribution in [3.63, 3.8) is 0 Å². The molecule has 1 amide bonds. The van der Waals surface area contributed by atoms with Gasteiger partial charge in [-0.15, -0.1) is 0 Å². The zero-order valence-corrected chi connectivity index (χ0v) is 13.4. The molecule has 1 aromatic rings. The van der Waals surface area contributed by atoms with E-state index >= 15 is 0 Å². The summed E-state index contributed by atoms with van der Waals surface area (Å²) in [5.41, 5.74) is 2.04. The van der Waals surface area contributed by atoms with Gasteiger partial charge in [-0.25, -0.2) is 0 Å². The molecule has 1 saturated heterocycles. The Balaban J connectivity index is 1.96. The van der Waals surface area contributed by atoms with Gasteiger partial charge in [0.15, 0.2) is 6.23 Å². The molecule has 2 rings (SSSR count). The first-order valence-corrected chi connectivity index (χ1v) is 7.84. The first-order valence-electron chi connectivity index (χ1n) is 7.84. The highest BCUT2D eigenvalue weighted by Gasteiger charge is 2.43. The topological polar surface area (TPSA) is 119 Å². The van der Waals surface area contributed by atoms with Crippen molar-refractivity contribution in [2.45, 2.75) is 44.0 Å². The van der Waals surface area contributed by atoms with Crippen molar-refractivity contribution in [1.29, 1.82) is 0 Å². The van der Waals surface area contributed by atoms with Gasteiger partial charge in [-0.3, -0.25) is 4.79 Å². The Morgan fingerprint density at radius 3 is 2.42 bits per heavy atom. The van der Waals surface area contributed by atoms with Crippen LogP contribution in [0.2, 0.25) is 0 Å². The molecular formula is C17H23NO6. The van der Waals surface area contributed by atoms with Crippen LogP contribution in [0, 0.1) is 0 Å². The molecule has 0 bridgehead atoms. The lowest BCUT2D eigenvalue weighted by Crippen LogP contribution is -2.63. The van der Waals surface area contributed by atoms with E-state index in [2.05, 4.69) is 12.2 Å². The van der Waals surface area contributed by atoms with Crippen LogP contribution in [-0.4, -0.2) is 63.6 Å². The SMILES string of the molecule is CCc1ccc(/C=C/C(=O)N[C@@H]2O[C@H](CO)[C@@H](O)[C@H](O)[C@H]2O)cc1. The maximum Gasteiger partial charge on any atom is 0.246 e. The van der Waals surface area contributed by atoms with Gasteiger partial charge in [0.05, 0.1) is 6.61 Å². The zero-order chi connectivity index (χ0) is 17.7. The molecule has 1 aromatic carbocycles. The van der Waals surface area contributed by atoms with Gasteiger partial charge < -0.3 is 30.5 Å². The predicted molar refractivity (Wildman–Crippen MR) is 86.8 cm³/mol. The number of aliphatic hydroxyl groups is 4. The highest BCUT2D eigenvalue weighted by molar-refractivity contribution is 5.91. The summed E-state index contributed by atoms with van der Waals surface area (Å²) in [5, 5.41) is 40.7. The molecule has 0 saturated carbocycles. The molecule has 0 unspecified atom stereocenters. The van der Waals surface area contributed by atoms with Crippen LogP contribution in [0.5, 0.6) is 0 Å². The number of hydrogen-bond acceptors (Lipinski definition) is 6. The second-order valence-corrected chi connectivity index (χ2v) is 5.69. The summed E-state index contributed by atoms with van der Waals surface area (Å²) in [7, 11) is 0. The van der Waals surface area contributed by atoms with Gasteiger partial charge >= 0.3 is 0 Å². The van der Waals surface area contributed by atoms with E-state index in [-0.39, 0.29) is 0 Å². The van der Waals surface area contributed by atoms with E-state index in [1.165, 1.54) is 11.6 Å². The number of amides is 1. The fraction of sp³-hybridized carbons (Fsp3) is 0.471. The highest BCUT2D eigenvalue weighted by Crippen LogP contribution is 2.19. The van der Waals surface area contributed by atoms with Crippen molar-refractivity contribution < 1.29 is 30.0 Å². The molecule has 5 atom stereocenters. The summed E-state index contributed by atoms with van der Waals surface area (Å²) >= 11 is 0. The average molecular weight is 337 g/mol. The van der Waals surface area contributed by atoms with Crippen molar-refractivity contribution in [2.75, 3.05) is 6.61 Å². The Morgan fingerprint density at radius 2 is 1.83 bits per heavy atom. The van der Waals surface area contributed by atoms with Crippen molar-refractivity contribution in [3.8, 4) is 0 Å². The average Bonchev–Trinajstić information content (AvgIpc) is 2.60. The fourth-order valence-electron chi connectivity index (χ4n) is 2.45. The molecule has 0 spiro atoms. The summed E-state index contributed by atoms with van der Waals surface area (Å²) < 4.78 is 5.21. The fourth-order valence-corrected chi connectivity index (χ4v) is 2.45. The maximum absolute atomic E-state index is 11.9. The van der Waals surface area contributed by atoms with Gasteiger partial charge in [-0.2, -0.15) is 0 Å². The first-order chi connectivity index (χ1) is 11.5. The molecule has 1 aliphatic rings. The summed E-state index contributed by atoms with van der Waals surface area (Å²) in [5.74, 6) is -0.529. The van der Waals surface area contributed by atoms with Gasteiger partial charge in [-0.1, -0.05) is 31.2 Å². The standard InChI is InChI=1S/C17H23NO6/c1-2-10-3-5-11(6-4-10)7-8-13(20)18-17-16(23)15(22)14(21)12(9-19)24-17/h3-8,12,14-17,19,21-23H,2,9H2,1H3,(H,18,20)/b8-7+/t12-,14-,15+,16-,17-/m1/s1. The van der Waals surface area contributed by atoms with Gasteiger partial charge in [0.1, 0.15) is 24.4 Å². The lowest BCUT2D eigenvalue weighted by molar-refractivity contribution is -0.235. The number of ether oxygens (including phenoxy) is 1. The number of rotatable bonds is 5. The first kappa shape index (κ1) is 18.6. The molecule has 0 aromatic heterocycles.